The summed E-state index contributed by atoms with van der Waals surface area (Å²) in [5, 5.41) is 20.3. The van der Waals surface area contributed by atoms with Crippen molar-refractivity contribution in [2.45, 2.75) is 45.3 Å². The molecule has 0 bridgehead atoms. The van der Waals surface area contributed by atoms with E-state index in [1.54, 1.807) is 27.7 Å². The highest BCUT2D eigenvalue weighted by atomic mass is 16.5. The van der Waals surface area contributed by atoms with Gasteiger partial charge in [-0.1, -0.05) is 30.3 Å². The number of benzene rings is 1. The number of hydrogen-bond acceptors (Lipinski definition) is 3. The first-order chi connectivity index (χ1) is 8.71. The van der Waals surface area contributed by atoms with Gasteiger partial charge in [-0.15, -0.1) is 0 Å². The second kappa shape index (κ2) is 4.78. The number of fused-ring (bicyclic) bond motifs is 1. The van der Waals surface area contributed by atoms with Crippen molar-refractivity contribution in [1.82, 2.24) is 0 Å². The Morgan fingerprint density at radius 3 is 2.37 bits per heavy atom. The summed E-state index contributed by atoms with van der Waals surface area (Å²) in [7, 11) is -0.992. The lowest BCUT2D eigenvalue weighted by Crippen LogP contribution is -2.50. The molecule has 2 N–H and O–H groups in total. The summed E-state index contributed by atoms with van der Waals surface area (Å²) in [6.07, 6.45) is 2.65. The van der Waals surface area contributed by atoms with Gasteiger partial charge in [-0.2, -0.15) is 0 Å². The van der Waals surface area contributed by atoms with Crippen LogP contribution >= 0.6 is 0 Å². The number of hydrogen-bond donors (Lipinski definition) is 2. The Bertz CT molecular complexity index is 500. The molecule has 3 nitrogen and oxygen atoms in total. The Morgan fingerprint density at radius 1 is 1.16 bits per heavy atom. The van der Waals surface area contributed by atoms with Crippen LogP contribution in [0, 0.1) is 0 Å². The molecule has 0 aromatic heterocycles. The van der Waals surface area contributed by atoms with Crippen molar-refractivity contribution in [3.63, 3.8) is 0 Å². The van der Waals surface area contributed by atoms with E-state index in [-0.39, 0.29) is 0 Å². The molecule has 1 aliphatic rings. The second-order valence-electron chi connectivity index (χ2n) is 6.13. The van der Waals surface area contributed by atoms with Crippen molar-refractivity contribution in [2.24, 2.45) is 0 Å². The Hall–Kier alpha value is -1.10. The Kier molecular flexibility index (Phi) is 3.60. The molecule has 0 amide bonds. The molecule has 4 heteroatoms. The third kappa shape index (κ3) is 2.91. The van der Waals surface area contributed by atoms with Gasteiger partial charge in [0.2, 0.25) is 0 Å². The minimum Gasteiger partial charge on any atom is -0.423 e. The second-order valence-corrected chi connectivity index (χ2v) is 6.13. The highest BCUT2D eigenvalue weighted by Crippen LogP contribution is 2.30. The molecule has 0 radical (unpaired) electrons. The largest absolute Gasteiger partial charge is 0.487 e. The molecular weight excluding hydrogens is 239 g/mol. The van der Waals surface area contributed by atoms with Gasteiger partial charge in [0.25, 0.3) is 0 Å². The average Bonchev–Trinajstić information content (AvgIpc) is 2.70. The van der Waals surface area contributed by atoms with E-state index in [1.165, 1.54) is 5.56 Å². The van der Waals surface area contributed by atoms with Crippen LogP contribution in [0.5, 0.6) is 0 Å². The zero-order valence-electron chi connectivity index (χ0n) is 12.0. The highest BCUT2D eigenvalue weighted by molar-refractivity contribution is 6.54. The fourth-order valence-corrected chi connectivity index (χ4v) is 1.96. The van der Waals surface area contributed by atoms with Crippen LogP contribution in [0.15, 0.2) is 29.7 Å². The fourth-order valence-electron chi connectivity index (χ4n) is 1.96. The first kappa shape index (κ1) is 14.3. The molecule has 2 rings (SSSR count). The molecule has 1 aromatic carbocycles. The van der Waals surface area contributed by atoms with Crippen molar-refractivity contribution in [1.29, 1.82) is 0 Å². The van der Waals surface area contributed by atoms with Crippen LogP contribution in [0.4, 0.5) is 0 Å². The van der Waals surface area contributed by atoms with E-state index in [9.17, 15) is 10.1 Å². The van der Waals surface area contributed by atoms with Crippen molar-refractivity contribution < 1.29 is 14.8 Å². The van der Waals surface area contributed by atoms with Crippen LogP contribution in [0.25, 0.3) is 6.08 Å². The molecule has 1 aliphatic carbocycles. The summed E-state index contributed by atoms with van der Waals surface area (Å²) in [6.45, 7) is 6.91. The Balaban J connectivity index is 2.10. The van der Waals surface area contributed by atoms with Gasteiger partial charge in [-0.3, -0.25) is 0 Å². The quantitative estimate of drug-likeness (QED) is 0.816. The molecule has 0 spiro atoms. The predicted octanol–water partition coefficient (Wildman–Crippen LogP) is 2.21. The van der Waals surface area contributed by atoms with Crippen molar-refractivity contribution in [3.05, 3.63) is 40.9 Å². The third-order valence-electron chi connectivity index (χ3n) is 3.99. The average molecular weight is 260 g/mol. The highest BCUT2D eigenvalue weighted by Gasteiger charge is 2.40. The molecule has 0 unspecified atom stereocenters. The Labute approximate surface area is 115 Å². The molecule has 0 saturated carbocycles. The van der Waals surface area contributed by atoms with E-state index in [0.717, 1.165) is 11.0 Å². The van der Waals surface area contributed by atoms with Crippen LogP contribution in [-0.4, -0.2) is 28.5 Å². The van der Waals surface area contributed by atoms with Crippen LogP contribution < -0.4 is 0 Å². The van der Waals surface area contributed by atoms with Gasteiger partial charge >= 0.3 is 7.12 Å². The number of aliphatic hydroxyl groups is 1. The maximum Gasteiger partial charge on any atom is 0.487 e. The van der Waals surface area contributed by atoms with Crippen molar-refractivity contribution in [3.8, 4) is 0 Å². The first-order valence-electron chi connectivity index (χ1n) is 6.57. The van der Waals surface area contributed by atoms with Gasteiger partial charge in [-0.25, -0.2) is 0 Å². The van der Waals surface area contributed by atoms with Crippen molar-refractivity contribution >= 4 is 13.2 Å². The molecule has 0 atom stereocenters. The summed E-state index contributed by atoms with van der Waals surface area (Å²) in [5.74, 6) is 0. The molecular formula is C15H21BO3. The normalized spacial score (nSPS) is 15.2. The van der Waals surface area contributed by atoms with Crippen LogP contribution in [0.2, 0.25) is 0 Å². The van der Waals surface area contributed by atoms with E-state index < -0.39 is 18.3 Å². The monoisotopic (exact) mass is 260 g/mol. The minimum atomic E-state index is -1.03. The molecule has 0 aliphatic heterocycles. The summed E-state index contributed by atoms with van der Waals surface area (Å²) >= 11 is 0. The van der Waals surface area contributed by atoms with E-state index in [0.29, 0.717) is 6.42 Å². The lowest BCUT2D eigenvalue weighted by molar-refractivity contribution is -0.0988. The topological polar surface area (TPSA) is 49.7 Å². The summed E-state index contributed by atoms with van der Waals surface area (Å²) < 4.78 is 5.65. The zero-order chi connectivity index (χ0) is 14.3. The van der Waals surface area contributed by atoms with Crippen LogP contribution in [-0.2, 0) is 11.1 Å². The molecule has 0 heterocycles. The van der Waals surface area contributed by atoms with Gasteiger partial charge in [0.1, 0.15) is 0 Å². The van der Waals surface area contributed by atoms with E-state index in [1.807, 2.05) is 30.3 Å². The van der Waals surface area contributed by atoms with Gasteiger partial charge < -0.3 is 14.8 Å². The van der Waals surface area contributed by atoms with Gasteiger partial charge in [0, 0.05) is 0 Å². The maximum atomic E-state index is 10.2. The lowest BCUT2D eigenvalue weighted by Gasteiger charge is -2.38. The van der Waals surface area contributed by atoms with Gasteiger partial charge in [0.15, 0.2) is 0 Å². The fraction of sp³-hybridized carbons (Fsp3) is 0.467. The van der Waals surface area contributed by atoms with Crippen LogP contribution in [0.3, 0.4) is 0 Å². The Morgan fingerprint density at radius 2 is 1.79 bits per heavy atom. The van der Waals surface area contributed by atoms with E-state index >= 15 is 0 Å². The summed E-state index contributed by atoms with van der Waals surface area (Å²) in [6, 6.07) is 8.04. The SMILES string of the molecule is CC(C)(O)C(C)(C)OB(O)C1=Cc2ccccc2C1. The molecule has 0 fully saturated rings. The summed E-state index contributed by atoms with van der Waals surface area (Å²) in [4.78, 5) is 0. The van der Waals surface area contributed by atoms with E-state index in [4.69, 9.17) is 4.65 Å². The maximum absolute atomic E-state index is 10.2. The standard InChI is InChI=1S/C15H21BO3/c1-14(2,17)15(3,4)19-16(18)13-9-11-7-5-6-8-12(11)10-13/h5-9,17-18H,10H2,1-4H3. The smallest absolute Gasteiger partial charge is 0.423 e. The molecule has 19 heavy (non-hydrogen) atoms. The third-order valence-corrected chi connectivity index (χ3v) is 3.99. The zero-order valence-corrected chi connectivity index (χ0v) is 12.0. The van der Waals surface area contributed by atoms with Gasteiger partial charge in [-0.05, 0) is 50.7 Å². The van der Waals surface area contributed by atoms with Crippen LogP contribution in [0.1, 0.15) is 38.8 Å². The minimum absolute atomic E-state index is 0.694. The number of rotatable bonds is 4. The molecule has 1 aromatic rings. The predicted molar refractivity (Wildman–Crippen MR) is 77.6 cm³/mol. The van der Waals surface area contributed by atoms with Crippen molar-refractivity contribution in [2.75, 3.05) is 0 Å². The first-order valence-corrected chi connectivity index (χ1v) is 6.57. The molecule has 0 saturated heterocycles. The lowest BCUT2D eigenvalue weighted by atomic mass is 9.75. The van der Waals surface area contributed by atoms with E-state index in [2.05, 4.69) is 0 Å². The van der Waals surface area contributed by atoms with Gasteiger partial charge in [0.05, 0.1) is 11.2 Å². The molecule has 102 valence electrons. The number of allylic oxidation sites excluding steroid dienone is 1. The summed E-state index contributed by atoms with van der Waals surface area (Å²) in [5.41, 5.74) is 1.29.